The van der Waals surface area contributed by atoms with Crippen LogP contribution >= 0.6 is 11.8 Å². The van der Waals surface area contributed by atoms with Crippen LogP contribution in [0.25, 0.3) is 0 Å². The minimum Gasteiger partial charge on any atom is -0.459 e. The molecule has 3 atom stereocenters. The lowest BCUT2D eigenvalue weighted by Gasteiger charge is -2.26. The number of thioether (sulfide) groups is 1. The maximum Gasteiger partial charge on any atom is 0.408 e. The highest BCUT2D eigenvalue weighted by Gasteiger charge is 2.30. The molecule has 0 saturated heterocycles. The number of unbranched alkanes of at least 4 members (excludes halogenated alkanes) is 1. The predicted molar refractivity (Wildman–Crippen MR) is 205 cm³/mol. The molecule has 4 N–H and O–H groups in total. The number of aryl methyl sites for hydroxylation is 1. The first-order valence-corrected chi connectivity index (χ1v) is 18.8. The molecule has 286 valence electrons. The molecule has 0 spiro atoms. The summed E-state index contributed by atoms with van der Waals surface area (Å²) in [7, 11) is 0. The summed E-state index contributed by atoms with van der Waals surface area (Å²) < 4.78 is 16.0. The average Bonchev–Trinajstić information content (AvgIpc) is 3.12. The van der Waals surface area contributed by atoms with Gasteiger partial charge < -0.3 is 35.5 Å². The van der Waals surface area contributed by atoms with Crippen molar-refractivity contribution >= 4 is 41.7 Å². The van der Waals surface area contributed by atoms with Gasteiger partial charge in [0.05, 0.1) is 0 Å². The SMILES string of the molecule is Cc1ccc(CSC[C@H](NC(=O)[C@H](CCCCNC(=O)OCc2ccccc2)NC(=O)OC(C)(C)C)C(=O)N[C@@H](C)C(=O)OCc2ccccc2)cc1. The van der Waals surface area contributed by atoms with Gasteiger partial charge in [-0.25, -0.2) is 14.4 Å². The van der Waals surface area contributed by atoms with Crippen molar-refractivity contribution in [3.8, 4) is 0 Å². The molecule has 3 aromatic carbocycles. The maximum atomic E-state index is 13.7. The van der Waals surface area contributed by atoms with Crippen molar-refractivity contribution in [2.75, 3.05) is 12.3 Å². The first kappa shape index (κ1) is 42.4. The number of hydrogen-bond acceptors (Lipinski definition) is 9. The zero-order valence-electron chi connectivity index (χ0n) is 31.1. The third-order valence-electron chi connectivity index (χ3n) is 7.65. The molecular formula is C40H52N4O8S. The Morgan fingerprint density at radius 1 is 0.679 bits per heavy atom. The van der Waals surface area contributed by atoms with E-state index in [9.17, 15) is 24.0 Å². The van der Waals surface area contributed by atoms with Gasteiger partial charge in [-0.05, 0) is 70.6 Å². The number of hydrogen-bond donors (Lipinski definition) is 4. The van der Waals surface area contributed by atoms with Gasteiger partial charge in [0.2, 0.25) is 11.8 Å². The largest absolute Gasteiger partial charge is 0.459 e. The number of rotatable bonds is 19. The summed E-state index contributed by atoms with van der Waals surface area (Å²) in [5.41, 5.74) is 3.03. The minimum absolute atomic E-state index is 0.0505. The van der Waals surface area contributed by atoms with Crippen molar-refractivity contribution in [3.05, 3.63) is 107 Å². The van der Waals surface area contributed by atoms with Gasteiger partial charge in [0, 0.05) is 18.1 Å². The molecule has 0 heterocycles. The van der Waals surface area contributed by atoms with E-state index in [1.807, 2.05) is 91.9 Å². The van der Waals surface area contributed by atoms with E-state index in [0.29, 0.717) is 18.6 Å². The highest BCUT2D eigenvalue weighted by molar-refractivity contribution is 7.98. The maximum absolute atomic E-state index is 13.7. The highest BCUT2D eigenvalue weighted by atomic mass is 32.2. The lowest BCUT2D eigenvalue weighted by Crippen LogP contribution is -2.56. The molecule has 53 heavy (non-hydrogen) atoms. The first-order chi connectivity index (χ1) is 25.3. The Morgan fingerprint density at radius 2 is 1.26 bits per heavy atom. The first-order valence-electron chi connectivity index (χ1n) is 17.7. The van der Waals surface area contributed by atoms with Gasteiger partial charge >= 0.3 is 18.2 Å². The number of nitrogens with one attached hydrogen (secondary N) is 4. The number of carbonyl (C=O) groups is 5. The third-order valence-corrected chi connectivity index (χ3v) is 8.76. The van der Waals surface area contributed by atoms with Crippen LogP contribution in [0.3, 0.4) is 0 Å². The molecule has 0 aromatic heterocycles. The Balaban J connectivity index is 1.63. The number of carbonyl (C=O) groups excluding carboxylic acids is 5. The molecule has 0 aliphatic carbocycles. The Bertz CT molecular complexity index is 1600. The van der Waals surface area contributed by atoms with Crippen molar-refractivity contribution in [1.29, 1.82) is 0 Å². The number of esters is 1. The molecule has 12 nitrogen and oxygen atoms in total. The van der Waals surface area contributed by atoms with Crippen molar-refractivity contribution in [2.24, 2.45) is 0 Å². The van der Waals surface area contributed by atoms with Gasteiger partial charge in [-0.1, -0.05) is 90.5 Å². The second kappa shape index (κ2) is 22.1. The van der Waals surface area contributed by atoms with Gasteiger partial charge in [-0.2, -0.15) is 11.8 Å². The quantitative estimate of drug-likeness (QED) is 0.0660. The normalized spacial score (nSPS) is 12.7. The number of benzene rings is 3. The van der Waals surface area contributed by atoms with Crippen LogP contribution in [0.1, 0.15) is 69.2 Å². The molecule has 0 aliphatic rings. The van der Waals surface area contributed by atoms with Crippen LogP contribution in [0.2, 0.25) is 0 Å². The van der Waals surface area contributed by atoms with E-state index in [1.54, 1.807) is 20.8 Å². The van der Waals surface area contributed by atoms with E-state index < -0.39 is 53.7 Å². The highest BCUT2D eigenvalue weighted by Crippen LogP contribution is 2.15. The van der Waals surface area contributed by atoms with Gasteiger partial charge in [-0.15, -0.1) is 0 Å². The zero-order valence-corrected chi connectivity index (χ0v) is 32.0. The molecule has 3 aromatic rings. The van der Waals surface area contributed by atoms with Crippen molar-refractivity contribution < 1.29 is 38.2 Å². The number of amides is 4. The minimum atomic E-state index is -1.06. The summed E-state index contributed by atoms with van der Waals surface area (Å²) in [6.07, 6.45) is -0.233. The topological polar surface area (TPSA) is 161 Å². The van der Waals surface area contributed by atoms with Crippen LogP contribution in [0.5, 0.6) is 0 Å². The molecule has 0 radical (unpaired) electrons. The van der Waals surface area contributed by atoms with Crippen LogP contribution in [0, 0.1) is 6.92 Å². The molecule has 0 aliphatic heterocycles. The van der Waals surface area contributed by atoms with Crippen molar-refractivity contribution in [1.82, 2.24) is 21.3 Å². The summed E-state index contributed by atoms with van der Waals surface area (Å²) in [6, 6.07) is 23.4. The Kier molecular flexibility index (Phi) is 17.7. The summed E-state index contributed by atoms with van der Waals surface area (Å²) in [6.45, 7) is 9.12. The number of ether oxygens (including phenoxy) is 3. The summed E-state index contributed by atoms with van der Waals surface area (Å²) >= 11 is 1.44. The molecular weight excluding hydrogens is 697 g/mol. The summed E-state index contributed by atoms with van der Waals surface area (Å²) in [5.74, 6) is -1.03. The molecule has 0 fully saturated rings. The van der Waals surface area contributed by atoms with Crippen molar-refractivity contribution in [3.63, 3.8) is 0 Å². The molecule has 13 heteroatoms. The van der Waals surface area contributed by atoms with Crippen LogP contribution in [-0.4, -0.2) is 66.0 Å². The monoisotopic (exact) mass is 748 g/mol. The van der Waals surface area contributed by atoms with E-state index in [0.717, 1.165) is 22.3 Å². The standard InChI is InChI=1S/C40H52N4O8S/c1-28-19-21-32(22-20-28)26-53-27-34(36(46)42-29(2)37(47)50-24-30-14-8-6-9-15-30)43-35(45)33(44-39(49)52-40(3,4)5)18-12-13-23-41-38(48)51-25-31-16-10-7-11-17-31/h6-11,14-17,19-22,29,33-34H,12-13,18,23-27H2,1-5H3,(H,41,48)(H,42,46)(H,43,45)(H,44,49)/t29-,33-,34-/m0/s1. The van der Waals surface area contributed by atoms with Gasteiger partial charge in [-0.3, -0.25) is 9.59 Å². The molecule has 4 amide bonds. The van der Waals surface area contributed by atoms with Crippen LogP contribution in [-0.2, 0) is 47.6 Å². The molecule has 0 saturated carbocycles. The van der Waals surface area contributed by atoms with Gasteiger partial charge in [0.25, 0.3) is 0 Å². The fourth-order valence-electron chi connectivity index (χ4n) is 4.82. The summed E-state index contributed by atoms with van der Waals surface area (Å²) in [5, 5.41) is 10.8. The predicted octanol–water partition coefficient (Wildman–Crippen LogP) is 5.95. The molecule has 0 unspecified atom stereocenters. The van der Waals surface area contributed by atoms with E-state index in [2.05, 4.69) is 21.3 Å². The summed E-state index contributed by atoms with van der Waals surface area (Å²) in [4.78, 5) is 65.0. The average molecular weight is 749 g/mol. The Morgan fingerprint density at radius 3 is 1.87 bits per heavy atom. The van der Waals surface area contributed by atoms with Crippen LogP contribution in [0.4, 0.5) is 9.59 Å². The Labute approximate surface area is 316 Å². The lowest BCUT2D eigenvalue weighted by atomic mass is 10.1. The zero-order chi connectivity index (χ0) is 38.6. The Hall–Kier alpha value is -5.04. The van der Waals surface area contributed by atoms with E-state index in [1.165, 1.54) is 18.7 Å². The second-order valence-corrected chi connectivity index (χ2v) is 14.6. The van der Waals surface area contributed by atoms with Crippen LogP contribution in [0.15, 0.2) is 84.9 Å². The van der Waals surface area contributed by atoms with Gasteiger partial charge in [0.15, 0.2) is 0 Å². The molecule has 0 bridgehead atoms. The van der Waals surface area contributed by atoms with Crippen molar-refractivity contribution in [2.45, 2.75) is 96.6 Å². The fourth-order valence-corrected chi connectivity index (χ4v) is 5.83. The number of alkyl carbamates (subject to hydrolysis) is 2. The molecule has 3 rings (SSSR count). The van der Waals surface area contributed by atoms with Crippen LogP contribution < -0.4 is 21.3 Å². The van der Waals surface area contributed by atoms with Gasteiger partial charge in [0.1, 0.15) is 36.9 Å². The van der Waals surface area contributed by atoms with E-state index >= 15 is 0 Å². The third kappa shape index (κ3) is 17.4. The van der Waals surface area contributed by atoms with E-state index in [4.69, 9.17) is 14.2 Å². The second-order valence-electron chi connectivity index (χ2n) is 13.6. The smallest absolute Gasteiger partial charge is 0.408 e. The van der Waals surface area contributed by atoms with E-state index in [-0.39, 0.29) is 31.9 Å². The fraction of sp³-hybridized carbons (Fsp3) is 0.425. The lowest BCUT2D eigenvalue weighted by molar-refractivity contribution is -0.148.